The molecular formula is C18H18N2O3. The van der Waals surface area contributed by atoms with Gasteiger partial charge in [0.2, 0.25) is 11.8 Å². The Morgan fingerprint density at radius 2 is 1.91 bits per heavy atom. The summed E-state index contributed by atoms with van der Waals surface area (Å²) in [5.74, 6) is -1.74. The highest BCUT2D eigenvalue weighted by molar-refractivity contribution is 6.16. The number of rotatable bonds is 4. The zero-order valence-corrected chi connectivity index (χ0v) is 12.7. The summed E-state index contributed by atoms with van der Waals surface area (Å²) >= 11 is 0. The van der Waals surface area contributed by atoms with Gasteiger partial charge in [-0.15, -0.1) is 0 Å². The molecule has 118 valence electrons. The first-order valence-corrected chi connectivity index (χ1v) is 7.70. The third-order valence-corrected chi connectivity index (χ3v) is 4.11. The fourth-order valence-corrected chi connectivity index (χ4v) is 2.84. The number of carbonyl (C=O) groups is 3. The SMILES string of the molecule is O=C1NC(=O)N(Cc2ccccc2)C(=O)C1CC1=CC=CCC1. The molecule has 5 nitrogen and oxygen atoms in total. The number of hydrogen-bond acceptors (Lipinski definition) is 3. The Balaban J connectivity index is 1.76. The standard InChI is InChI=1S/C18H18N2O3/c21-16-15(11-13-7-3-1-4-8-13)17(22)20(18(23)19-16)12-14-9-5-2-6-10-14/h1-3,5-7,9-10,15H,4,8,11-12H2,(H,19,21,23). The number of allylic oxidation sites excluding steroid dienone is 4. The largest absolute Gasteiger partial charge is 0.331 e. The molecule has 23 heavy (non-hydrogen) atoms. The first-order chi connectivity index (χ1) is 11.1. The average molecular weight is 310 g/mol. The number of nitrogens with zero attached hydrogens (tertiary/aromatic N) is 1. The van der Waals surface area contributed by atoms with Gasteiger partial charge in [-0.25, -0.2) is 4.79 Å². The summed E-state index contributed by atoms with van der Waals surface area (Å²) in [6.45, 7) is 0.175. The van der Waals surface area contributed by atoms with Gasteiger partial charge in [0.1, 0.15) is 5.92 Å². The van der Waals surface area contributed by atoms with Crippen molar-refractivity contribution < 1.29 is 14.4 Å². The van der Waals surface area contributed by atoms with Gasteiger partial charge >= 0.3 is 6.03 Å². The van der Waals surface area contributed by atoms with E-state index < -0.39 is 23.8 Å². The number of amides is 4. The number of nitrogens with one attached hydrogen (secondary N) is 1. The minimum absolute atomic E-state index is 0.175. The molecule has 4 amide bonds. The Kier molecular flexibility index (Phi) is 4.37. The van der Waals surface area contributed by atoms with Crippen LogP contribution in [0, 0.1) is 5.92 Å². The van der Waals surface area contributed by atoms with Gasteiger partial charge in [0.05, 0.1) is 6.54 Å². The van der Waals surface area contributed by atoms with E-state index in [4.69, 9.17) is 0 Å². The summed E-state index contributed by atoms with van der Waals surface area (Å²) < 4.78 is 0. The predicted molar refractivity (Wildman–Crippen MR) is 85.1 cm³/mol. The third kappa shape index (κ3) is 3.39. The molecule has 1 aromatic rings. The topological polar surface area (TPSA) is 66.5 Å². The summed E-state index contributed by atoms with van der Waals surface area (Å²) in [6.07, 6.45) is 8.07. The van der Waals surface area contributed by atoms with Crippen molar-refractivity contribution in [2.75, 3.05) is 0 Å². The Bertz CT molecular complexity index is 691. The van der Waals surface area contributed by atoms with Gasteiger partial charge < -0.3 is 0 Å². The van der Waals surface area contributed by atoms with E-state index in [0.717, 1.165) is 28.9 Å². The van der Waals surface area contributed by atoms with Crippen molar-refractivity contribution >= 4 is 17.8 Å². The molecule has 1 atom stereocenters. The minimum atomic E-state index is -0.825. The highest BCUT2D eigenvalue weighted by atomic mass is 16.2. The van der Waals surface area contributed by atoms with E-state index in [9.17, 15) is 14.4 Å². The first-order valence-electron chi connectivity index (χ1n) is 7.70. The highest BCUT2D eigenvalue weighted by Gasteiger charge is 2.40. The number of imide groups is 2. The van der Waals surface area contributed by atoms with Crippen LogP contribution in [-0.4, -0.2) is 22.7 Å². The first kappa shape index (κ1) is 15.2. The van der Waals surface area contributed by atoms with Gasteiger partial charge in [0.15, 0.2) is 0 Å². The van der Waals surface area contributed by atoms with Gasteiger partial charge in [-0.1, -0.05) is 54.1 Å². The summed E-state index contributed by atoms with van der Waals surface area (Å²) in [6, 6.07) is 8.63. The highest BCUT2D eigenvalue weighted by Crippen LogP contribution is 2.24. The van der Waals surface area contributed by atoms with Gasteiger partial charge in [-0.2, -0.15) is 0 Å². The Morgan fingerprint density at radius 1 is 1.13 bits per heavy atom. The van der Waals surface area contributed by atoms with E-state index in [0.29, 0.717) is 6.42 Å². The van der Waals surface area contributed by atoms with E-state index in [1.54, 1.807) is 0 Å². The normalized spacial score (nSPS) is 21.2. The van der Waals surface area contributed by atoms with Crippen LogP contribution in [0.1, 0.15) is 24.8 Å². The fraction of sp³-hybridized carbons (Fsp3) is 0.278. The molecule has 0 spiro atoms. The molecule has 1 saturated heterocycles. The van der Waals surface area contributed by atoms with Crippen molar-refractivity contribution in [3.63, 3.8) is 0 Å². The maximum atomic E-state index is 12.6. The molecule has 1 fully saturated rings. The molecule has 1 N–H and O–H groups in total. The molecule has 0 bridgehead atoms. The number of urea groups is 1. The van der Waals surface area contributed by atoms with Gasteiger partial charge in [0.25, 0.3) is 0 Å². The van der Waals surface area contributed by atoms with Crippen molar-refractivity contribution in [2.45, 2.75) is 25.8 Å². The van der Waals surface area contributed by atoms with Crippen molar-refractivity contribution in [3.8, 4) is 0 Å². The van der Waals surface area contributed by atoms with Gasteiger partial charge in [-0.05, 0) is 24.8 Å². The smallest absolute Gasteiger partial charge is 0.277 e. The van der Waals surface area contributed by atoms with Crippen LogP contribution in [0.25, 0.3) is 0 Å². The number of hydrogen-bond donors (Lipinski definition) is 1. The summed E-state index contributed by atoms with van der Waals surface area (Å²) in [5.41, 5.74) is 1.92. The van der Waals surface area contributed by atoms with Crippen LogP contribution in [0.4, 0.5) is 4.79 Å². The molecule has 1 heterocycles. The molecule has 1 aliphatic heterocycles. The maximum absolute atomic E-state index is 12.6. The lowest BCUT2D eigenvalue weighted by Crippen LogP contribution is -2.57. The fourth-order valence-electron chi connectivity index (χ4n) is 2.84. The van der Waals surface area contributed by atoms with Crippen LogP contribution < -0.4 is 5.32 Å². The Hall–Kier alpha value is -2.69. The quantitative estimate of drug-likeness (QED) is 0.869. The summed E-state index contributed by atoms with van der Waals surface area (Å²) in [7, 11) is 0. The van der Waals surface area contributed by atoms with E-state index in [-0.39, 0.29) is 6.54 Å². The molecule has 0 aromatic heterocycles. The average Bonchev–Trinajstić information content (AvgIpc) is 2.57. The molecule has 2 aliphatic rings. The summed E-state index contributed by atoms with van der Waals surface area (Å²) in [5, 5.41) is 2.30. The van der Waals surface area contributed by atoms with E-state index in [1.165, 1.54) is 0 Å². The molecule has 1 aliphatic carbocycles. The van der Waals surface area contributed by atoms with E-state index >= 15 is 0 Å². The summed E-state index contributed by atoms with van der Waals surface area (Å²) in [4.78, 5) is 37.8. The molecule has 1 unspecified atom stereocenters. The zero-order valence-electron chi connectivity index (χ0n) is 12.7. The van der Waals surface area contributed by atoms with Crippen LogP contribution in [0.2, 0.25) is 0 Å². The molecule has 1 aromatic carbocycles. The molecule has 5 heteroatoms. The maximum Gasteiger partial charge on any atom is 0.331 e. The molecule has 0 saturated carbocycles. The van der Waals surface area contributed by atoms with Crippen molar-refractivity contribution in [1.82, 2.24) is 10.2 Å². The zero-order chi connectivity index (χ0) is 16.2. The molecular weight excluding hydrogens is 292 g/mol. The van der Waals surface area contributed by atoms with Crippen molar-refractivity contribution in [3.05, 3.63) is 59.7 Å². The van der Waals surface area contributed by atoms with Crippen LogP contribution in [0.3, 0.4) is 0 Å². The molecule has 0 radical (unpaired) electrons. The van der Waals surface area contributed by atoms with Gasteiger partial charge in [0, 0.05) is 0 Å². The van der Waals surface area contributed by atoms with Crippen LogP contribution in [-0.2, 0) is 16.1 Å². The second-order valence-electron chi connectivity index (χ2n) is 5.75. The van der Waals surface area contributed by atoms with Crippen molar-refractivity contribution in [1.29, 1.82) is 0 Å². The van der Waals surface area contributed by atoms with Crippen molar-refractivity contribution in [2.24, 2.45) is 5.92 Å². The minimum Gasteiger partial charge on any atom is -0.277 e. The van der Waals surface area contributed by atoms with Gasteiger partial charge in [-0.3, -0.25) is 19.8 Å². The van der Waals surface area contributed by atoms with Crippen LogP contribution >= 0.6 is 0 Å². The monoisotopic (exact) mass is 310 g/mol. The number of carbonyl (C=O) groups excluding carboxylic acids is 3. The number of barbiturate groups is 1. The Morgan fingerprint density at radius 3 is 2.61 bits per heavy atom. The lowest BCUT2D eigenvalue weighted by Gasteiger charge is -2.30. The molecule has 3 rings (SSSR count). The van der Waals surface area contributed by atoms with E-state index in [1.807, 2.05) is 42.5 Å². The predicted octanol–water partition coefficient (Wildman–Crippen LogP) is 2.55. The lowest BCUT2D eigenvalue weighted by molar-refractivity contribution is -0.142. The Labute approximate surface area is 134 Å². The van der Waals surface area contributed by atoms with Crippen LogP contribution in [0.15, 0.2) is 54.1 Å². The second kappa shape index (κ2) is 6.60. The number of benzene rings is 1. The lowest BCUT2D eigenvalue weighted by atomic mass is 9.91. The van der Waals surface area contributed by atoms with E-state index in [2.05, 4.69) is 11.4 Å². The van der Waals surface area contributed by atoms with Crippen LogP contribution in [0.5, 0.6) is 0 Å². The second-order valence-corrected chi connectivity index (χ2v) is 5.75. The third-order valence-electron chi connectivity index (χ3n) is 4.11.